The largest absolute Gasteiger partial charge is 0.357 e. The SMILES string of the molecule is CCNC(=NCc1nnc2ccccn12)NCC(C)Cn1nc(C)cc1C. The monoisotopic (exact) mass is 368 g/mol. The summed E-state index contributed by atoms with van der Waals surface area (Å²) in [6, 6.07) is 7.96. The number of hydrogen-bond donors (Lipinski definition) is 2. The molecule has 0 fully saturated rings. The molecule has 1 atom stereocenters. The van der Waals surface area contributed by atoms with Crippen molar-refractivity contribution in [3.63, 3.8) is 0 Å². The smallest absolute Gasteiger partial charge is 0.191 e. The Balaban J connectivity index is 1.59. The molecule has 8 heteroatoms. The van der Waals surface area contributed by atoms with E-state index in [4.69, 9.17) is 0 Å². The maximum atomic E-state index is 4.66. The van der Waals surface area contributed by atoms with Gasteiger partial charge in [0.05, 0.1) is 5.69 Å². The Morgan fingerprint density at radius 1 is 1.22 bits per heavy atom. The normalized spacial score (nSPS) is 13.1. The Hall–Kier alpha value is -2.90. The molecule has 0 spiro atoms. The van der Waals surface area contributed by atoms with E-state index in [0.29, 0.717) is 12.5 Å². The van der Waals surface area contributed by atoms with Crippen LogP contribution in [0.5, 0.6) is 0 Å². The highest BCUT2D eigenvalue weighted by molar-refractivity contribution is 5.79. The number of aryl methyl sites for hydroxylation is 2. The van der Waals surface area contributed by atoms with Crippen LogP contribution in [0, 0.1) is 19.8 Å². The van der Waals surface area contributed by atoms with E-state index in [2.05, 4.69) is 62.4 Å². The fourth-order valence-corrected chi connectivity index (χ4v) is 2.98. The number of aliphatic imine (C=N–C) groups is 1. The summed E-state index contributed by atoms with van der Waals surface area (Å²) in [6.07, 6.45) is 1.96. The molecule has 0 radical (unpaired) electrons. The van der Waals surface area contributed by atoms with E-state index in [0.717, 1.165) is 42.8 Å². The van der Waals surface area contributed by atoms with Gasteiger partial charge in [0, 0.05) is 31.5 Å². The van der Waals surface area contributed by atoms with E-state index in [-0.39, 0.29) is 0 Å². The highest BCUT2D eigenvalue weighted by Crippen LogP contribution is 2.06. The molecule has 1 unspecified atom stereocenters. The van der Waals surface area contributed by atoms with Crippen LogP contribution in [0.4, 0.5) is 0 Å². The molecule has 0 aromatic carbocycles. The summed E-state index contributed by atoms with van der Waals surface area (Å²) < 4.78 is 4.02. The van der Waals surface area contributed by atoms with E-state index in [1.807, 2.05) is 35.7 Å². The maximum absolute atomic E-state index is 4.66. The Bertz CT molecular complexity index is 907. The summed E-state index contributed by atoms with van der Waals surface area (Å²) in [4.78, 5) is 4.66. The molecule has 27 heavy (non-hydrogen) atoms. The molecule has 3 aromatic heterocycles. The van der Waals surface area contributed by atoms with Crippen LogP contribution < -0.4 is 10.6 Å². The van der Waals surface area contributed by atoms with Gasteiger partial charge >= 0.3 is 0 Å². The van der Waals surface area contributed by atoms with Gasteiger partial charge in [0.25, 0.3) is 0 Å². The lowest BCUT2D eigenvalue weighted by atomic mass is 10.2. The second-order valence-electron chi connectivity index (χ2n) is 6.84. The van der Waals surface area contributed by atoms with Gasteiger partial charge in [0.1, 0.15) is 6.54 Å². The van der Waals surface area contributed by atoms with Crippen molar-refractivity contribution in [3.8, 4) is 0 Å². The molecular weight excluding hydrogens is 340 g/mol. The van der Waals surface area contributed by atoms with E-state index < -0.39 is 0 Å². The first-order valence-electron chi connectivity index (χ1n) is 9.38. The number of nitrogens with zero attached hydrogens (tertiary/aromatic N) is 6. The van der Waals surface area contributed by atoms with Gasteiger partial charge in [-0.3, -0.25) is 9.08 Å². The molecule has 0 saturated carbocycles. The van der Waals surface area contributed by atoms with Crippen molar-refractivity contribution in [1.82, 2.24) is 35.0 Å². The van der Waals surface area contributed by atoms with Gasteiger partial charge in [-0.1, -0.05) is 13.0 Å². The molecule has 3 heterocycles. The fourth-order valence-electron chi connectivity index (χ4n) is 2.98. The van der Waals surface area contributed by atoms with Crippen LogP contribution in [0.15, 0.2) is 35.5 Å². The van der Waals surface area contributed by atoms with E-state index >= 15 is 0 Å². The number of guanidine groups is 1. The molecule has 0 aliphatic carbocycles. The number of rotatable bonds is 7. The van der Waals surface area contributed by atoms with Crippen molar-refractivity contribution in [3.05, 3.63) is 47.7 Å². The van der Waals surface area contributed by atoms with Gasteiger partial charge in [-0.05, 0) is 44.9 Å². The average molecular weight is 368 g/mol. The van der Waals surface area contributed by atoms with Crippen molar-refractivity contribution in [2.75, 3.05) is 13.1 Å². The minimum Gasteiger partial charge on any atom is -0.357 e. The van der Waals surface area contributed by atoms with Gasteiger partial charge in [-0.25, -0.2) is 4.99 Å². The predicted octanol–water partition coefficient (Wildman–Crippen LogP) is 1.93. The van der Waals surface area contributed by atoms with Crippen LogP contribution in [0.3, 0.4) is 0 Å². The van der Waals surface area contributed by atoms with E-state index in [1.165, 1.54) is 5.69 Å². The summed E-state index contributed by atoms with van der Waals surface area (Å²) in [7, 11) is 0. The zero-order valence-electron chi connectivity index (χ0n) is 16.5. The second kappa shape index (κ2) is 8.66. The number of aromatic nitrogens is 5. The number of nitrogens with one attached hydrogen (secondary N) is 2. The highest BCUT2D eigenvalue weighted by atomic mass is 15.3. The third-order valence-corrected chi connectivity index (χ3v) is 4.31. The fraction of sp³-hybridized carbons (Fsp3) is 0.474. The zero-order chi connectivity index (χ0) is 19.2. The number of fused-ring (bicyclic) bond motifs is 1. The van der Waals surface area contributed by atoms with Crippen LogP contribution >= 0.6 is 0 Å². The summed E-state index contributed by atoms with van der Waals surface area (Å²) in [5.41, 5.74) is 3.08. The topological polar surface area (TPSA) is 84.4 Å². The third-order valence-electron chi connectivity index (χ3n) is 4.31. The van der Waals surface area contributed by atoms with Crippen LogP contribution in [-0.4, -0.2) is 43.4 Å². The number of hydrogen-bond acceptors (Lipinski definition) is 4. The lowest BCUT2D eigenvalue weighted by Crippen LogP contribution is -2.40. The molecule has 0 saturated heterocycles. The minimum atomic E-state index is 0.417. The highest BCUT2D eigenvalue weighted by Gasteiger charge is 2.09. The van der Waals surface area contributed by atoms with Crippen molar-refractivity contribution < 1.29 is 0 Å². The molecule has 0 bridgehead atoms. The molecule has 3 aromatic rings. The maximum Gasteiger partial charge on any atom is 0.191 e. The second-order valence-corrected chi connectivity index (χ2v) is 6.84. The Labute approximate surface area is 159 Å². The Morgan fingerprint density at radius 3 is 2.81 bits per heavy atom. The van der Waals surface area contributed by atoms with Crippen molar-refractivity contribution >= 4 is 11.6 Å². The van der Waals surface area contributed by atoms with Gasteiger partial charge in [-0.15, -0.1) is 10.2 Å². The van der Waals surface area contributed by atoms with Crippen LogP contribution in [0.2, 0.25) is 0 Å². The summed E-state index contributed by atoms with van der Waals surface area (Å²) in [5, 5.41) is 19.6. The van der Waals surface area contributed by atoms with Crippen molar-refractivity contribution in [2.45, 2.75) is 40.8 Å². The molecule has 144 valence electrons. The quantitative estimate of drug-likeness (QED) is 0.492. The van der Waals surface area contributed by atoms with Gasteiger partial charge in [0.15, 0.2) is 17.4 Å². The number of pyridine rings is 1. The van der Waals surface area contributed by atoms with Crippen molar-refractivity contribution in [1.29, 1.82) is 0 Å². The minimum absolute atomic E-state index is 0.417. The first kappa shape index (κ1) is 18.9. The van der Waals surface area contributed by atoms with Crippen LogP contribution in [0.25, 0.3) is 5.65 Å². The summed E-state index contributed by atoms with van der Waals surface area (Å²) in [6.45, 7) is 11.3. The standard InChI is InChI=1S/C19H28N8/c1-5-20-19(21-11-14(2)13-27-16(4)10-15(3)25-27)22-12-18-24-23-17-8-6-7-9-26(17)18/h6-10,14H,5,11-13H2,1-4H3,(H2,20,21,22). The van der Waals surface area contributed by atoms with Crippen LogP contribution in [-0.2, 0) is 13.1 Å². The van der Waals surface area contributed by atoms with Gasteiger partial charge in [-0.2, -0.15) is 5.10 Å². The van der Waals surface area contributed by atoms with Gasteiger partial charge < -0.3 is 10.6 Å². The first-order chi connectivity index (χ1) is 13.1. The molecule has 0 aliphatic rings. The lowest BCUT2D eigenvalue weighted by Gasteiger charge is -2.16. The van der Waals surface area contributed by atoms with E-state index in [1.54, 1.807) is 0 Å². The predicted molar refractivity (Wildman–Crippen MR) is 107 cm³/mol. The Morgan fingerprint density at radius 2 is 2.07 bits per heavy atom. The molecule has 0 aliphatic heterocycles. The third kappa shape index (κ3) is 4.84. The summed E-state index contributed by atoms with van der Waals surface area (Å²) in [5.74, 6) is 2.02. The molecule has 0 amide bonds. The van der Waals surface area contributed by atoms with Crippen LogP contribution in [0.1, 0.15) is 31.1 Å². The first-order valence-corrected chi connectivity index (χ1v) is 9.38. The van der Waals surface area contributed by atoms with E-state index in [9.17, 15) is 0 Å². The molecule has 3 rings (SSSR count). The molecule has 8 nitrogen and oxygen atoms in total. The lowest BCUT2D eigenvalue weighted by molar-refractivity contribution is 0.436. The Kier molecular flexibility index (Phi) is 6.05. The molecular formula is C19H28N8. The average Bonchev–Trinajstić information content (AvgIpc) is 3.20. The van der Waals surface area contributed by atoms with Crippen molar-refractivity contribution in [2.24, 2.45) is 10.9 Å². The summed E-state index contributed by atoms with van der Waals surface area (Å²) >= 11 is 0. The van der Waals surface area contributed by atoms with Gasteiger partial charge in [0.2, 0.25) is 0 Å². The molecule has 2 N–H and O–H groups in total. The zero-order valence-corrected chi connectivity index (χ0v) is 16.5.